The molecule has 0 aliphatic heterocycles. The van der Waals surface area contributed by atoms with Crippen LogP contribution in [0.15, 0.2) is 22.8 Å². The molecule has 1 aromatic rings. The Kier molecular flexibility index (Phi) is 5.93. The van der Waals surface area contributed by atoms with Gasteiger partial charge in [0.1, 0.15) is 0 Å². The Labute approximate surface area is 105 Å². The molecule has 6 nitrogen and oxygen atoms in total. The van der Waals surface area contributed by atoms with E-state index in [0.717, 1.165) is 0 Å². The van der Waals surface area contributed by atoms with Crippen molar-refractivity contribution in [2.24, 2.45) is 0 Å². The average Bonchev–Trinajstić information content (AvgIpc) is 2.85. The highest BCUT2D eigenvalue weighted by atomic mass is 16.3. The van der Waals surface area contributed by atoms with Crippen molar-refractivity contribution in [2.45, 2.75) is 25.9 Å². The molecular formula is C12H18N2O4. The van der Waals surface area contributed by atoms with E-state index in [1.165, 1.54) is 6.26 Å². The number of nitrogens with one attached hydrogen (secondary N) is 2. The van der Waals surface area contributed by atoms with Crippen LogP contribution in [0.25, 0.3) is 0 Å². The predicted molar refractivity (Wildman–Crippen MR) is 65.0 cm³/mol. The minimum absolute atomic E-state index is 0.136. The van der Waals surface area contributed by atoms with E-state index in [1.807, 2.05) is 0 Å². The third kappa shape index (κ3) is 5.49. The Morgan fingerprint density at radius 2 is 2.22 bits per heavy atom. The van der Waals surface area contributed by atoms with E-state index in [0.29, 0.717) is 19.4 Å². The zero-order valence-corrected chi connectivity index (χ0v) is 10.3. The number of furan rings is 1. The van der Waals surface area contributed by atoms with E-state index >= 15 is 0 Å². The lowest BCUT2D eigenvalue weighted by Crippen LogP contribution is -2.31. The van der Waals surface area contributed by atoms with Crippen LogP contribution in [0, 0.1) is 0 Å². The van der Waals surface area contributed by atoms with Gasteiger partial charge in [0.25, 0.3) is 5.91 Å². The largest absolute Gasteiger partial charge is 0.459 e. The van der Waals surface area contributed by atoms with Gasteiger partial charge in [0.05, 0.1) is 12.4 Å². The Balaban J connectivity index is 2.08. The van der Waals surface area contributed by atoms with E-state index in [-0.39, 0.29) is 24.1 Å². The Morgan fingerprint density at radius 3 is 2.83 bits per heavy atom. The van der Waals surface area contributed by atoms with E-state index in [2.05, 4.69) is 10.6 Å². The second-order valence-corrected chi connectivity index (χ2v) is 3.99. The van der Waals surface area contributed by atoms with E-state index in [1.54, 1.807) is 19.1 Å². The third-order valence-electron chi connectivity index (χ3n) is 2.21. The molecule has 0 unspecified atom stereocenters. The summed E-state index contributed by atoms with van der Waals surface area (Å²) in [5.41, 5.74) is 0. The summed E-state index contributed by atoms with van der Waals surface area (Å²) in [5, 5.41) is 14.2. The monoisotopic (exact) mass is 254 g/mol. The van der Waals surface area contributed by atoms with Crippen molar-refractivity contribution in [3.63, 3.8) is 0 Å². The highest BCUT2D eigenvalue weighted by Gasteiger charge is 2.07. The van der Waals surface area contributed by atoms with Gasteiger partial charge in [-0.2, -0.15) is 0 Å². The lowest BCUT2D eigenvalue weighted by Gasteiger charge is -2.07. The summed E-state index contributed by atoms with van der Waals surface area (Å²) in [6.45, 7) is 2.25. The van der Waals surface area contributed by atoms with Gasteiger partial charge in [0, 0.05) is 19.5 Å². The molecule has 18 heavy (non-hydrogen) atoms. The summed E-state index contributed by atoms with van der Waals surface area (Å²) in [5.74, 6) is -0.166. The summed E-state index contributed by atoms with van der Waals surface area (Å²) >= 11 is 0. The highest BCUT2D eigenvalue weighted by molar-refractivity contribution is 5.91. The molecule has 0 spiro atoms. The van der Waals surface area contributed by atoms with Gasteiger partial charge in [0.15, 0.2) is 5.76 Å². The van der Waals surface area contributed by atoms with E-state index in [4.69, 9.17) is 9.52 Å². The van der Waals surface area contributed by atoms with Gasteiger partial charge in [0.2, 0.25) is 5.91 Å². The van der Waals surface area contributed by atoms with Crippen LogP contribution < -0.4 is 10.6 Å². The fraction of sp³-hybridized carbons (Fsp3) is 0.500. The van der Waals surface area contributed by atoms with Gasteiger partial charge in [-0.1, -0.05) is 0 Å². The van der Waals surface area contributed by atoms with Crippen LogP contribution in [-0.4, -0.2) is 36.1 Å². The summed E-state index contributed by atoms with van der Waals surface area (Å²) in [6, 6.07) is 3.21. The van der Waals surface area contributed by atoms with E-state index in [9.17, 15) is 9.59 Å². The number of hydrogen-bond acceptors (Lipinski definition) is 4. The van der Waals surface area contributed by atoms with Crippen molar-refractivity contribution in [3.8, 4) is 0 Å². The molecular weight excluding hydrogens is 236 g/mol. The molecule has 1 aromatic heterocycles. The molecule has 1 rings (SSSR count). The lowest BCUT2D eigenvalue weighted by molar-refractivity contribution is -0.121. The number of aliphatic hydroxyl groups is 1. The van der Waals surface area contributed by atoms with Gasteiger partial charge in [-0.25, -0.2) is 0 Å². The fourth-order valence-corrected chi connectivity index (χ4v) is 1.30. The third-order valence-corrected chi connectivity index (χ3v) is 2.21. The summed E-state index contributed by atoms with van der Waals surface area (Å²) in [4.78, 5) is 22.7. The molecule has 0 aliphatic carbocycles. The normalized spacial score (nSPS) is 11.9. The van der Waals surface area contributed by atoms with Gasteiger partial charge in [-0.3, -0.25) is 9.59 Å². The summed E-state index contributed by atoms with van der Waals surface area (Å²) < 4.78 is 4.92. The number of rotatable bonds is 7. The summed E-state index contributed by atoms with van der Waals surface area (Å²) in [7, 11) is 0. The maximum atomic E-state index is 11.4. The number of hydrogen-bond donors (Lipinski definition) is 3. The Hall–Kier alpha value is -1.82. The van der Waals surface area contributed by atoms with Crippen molar-refractivity contribution in [3.05, 3.63) is 24.2 Å². The van der Waals surface area contributed by atoms with Crippen LogP contribution in [-0.2, 0) is 4.79 Å². The molecule has 0 saturated heterocycles. The highest BCUT2D eigenvalue weighted by Crippen LogP contribution is 1.99. The van der Waals surface area contributed by atoms with Gasteiger partial charge < -0.3 is 20.2 Å². The molecule has 1 atom stereocenters. The molecule has 100 valence electrons. The molecule has 6 heteroatoms. The minimum atomic E-state index is -0.549. The van der Waals surface area contributed by atoms with Crippen molar-refractivity contribution >= 4 is 11.8 Å². The molecule has 0 fully saturated rings. The molecule has 0 aliphatic rings. The lowest BCUT2D eigenvalue weighted by atomic mass is 10.3. The predicted octanol–water partition coefficient (Wildman–Crippen LogP) is 0.287. The second kappa shape index (κ2) is 7.50. The van der Waals surface area contributed by atoms with Crippen molar-refractivity contribution in [1.29, 1.82) is 0 Å². The maximum absolute atomic E-state index is 11.4. The second-order valence-electron chi connectivity index (χ2n) is 3.99. The average molecular weight is 254 g/mol. The standard InChI is InChI=1S/C12H18N2O4/c1-9(15)8-14-11(16)5-2-6-13-12(17)10-4-3-7-18-10/h3-4,7,9,15H,2,5-6,8H2,1H3,(H,13,17)(H,14,16)/t9-/m0/s1. The zero-order valence-electron chi connectivity index (χ0n) is 10.3. The van der Waals surface area contributed by atoms with Crippen LogP contribution in [0.5, 0.6) is 0 Å². The number of carbonyl (C=O) groups excluding carboxylic acids is 2. The number of amides is 2. The first-order chi connectivity index (χ1) is 8.59. The Morgan fingerprint density at radius 1 is 1.44 bits per heavy atom. The first kappa shape index (κ1) is 14.2. The van der Waals surface area contributed by atoms with Crippen LogP contribution in [0.4, 0.5) is 0 Å². The van der Waals surface area contributed by atoms with Crippen molar-refractivity contribution in [1.82, 2.24) is 10.6 Å². The quantitative estimate of drug-likeness (QED) is 0.610. The molecule has 0 saturated carbocycles. The van der Waals surface area contributed by atoms with Gasteiger partial charge in [-0.05, 0) is 25.5 Å². The van der Waals surface area contributed by atoms with E-state index < -0.39 is 6.10 Å². The zero-order chi connectivity index (χ0) is 13.4. The molecule has 3 N–H and O–H groups in total. The van der Waals surface area contributed by atoms with Crippen LogP contribution >= 0.6 is 0 Å². The molecule has 0 radical (unpaired) electrons. The van der Waals surface area contributed by atoms with Gasteiger partial charge in [-0.15, -0.1) is 0 Å². The number of aliphatic hydroxyl groups excluding tert-OH is 1. The maximum Gasteiger partial charge on any atom is 0.286 e. The van der Waals surface area contributed by atoms with Crippen LogP contribution in [0.1, 0.15) is 30.3 Å². The van der Waals surface area contributed by atoms with Crippen molar-refractivity contribution in [2.75, 3.05) is 13.1 Å². The first-order valence-corrected chi connectivity index (χ1v) is 5.86. The van der Waals surface area contributed by atoms with Crippen LogP contribution in [0.3, 0.4) is 0 Å². The van der Waals surface area contributed by atoms with Gasteiger partial charge >= 0.3 is 0 Å². The first-order valence-electron chi connectivity index (χ1n) is 5.86. The summed E-state index contributed by atoms with van der Waals surface area (Å²) in [6.07, 6.45) is 1.73. The van der Waals surface area contributed by atoms with Crippen LogP contribution in [0.2, 0.25) is 0 Å². The molecule has 0 aromatic carbocycles. The number of carbonyl (C=O) groups is 2. The molecule has 1 heterocycles. The topological polar surface area (TPSA) is 91.6 Å². The van der Waals surface area contributed by atoms with Crippen molar-refractivity contribution < 1.29 is 19.1 Å². The minimum Gasteiger partial charge on any atom is -0.459 e. The smallest absolute Gasteiger partial charge is 0.286 e. The SMILES string of the molecule is C[C@H](O)CNC(=O)CCCNC(=O)c1ccco1. The fourth-order valence-electron chi connectivity index (χ4n) is 1.30. The molecule has 0 bridgehead atoms. The Bertz CT molecular complexity index is 373. The molecule has 2 amide bonds.